The number of carbonyl (C=O) groups excluding carboxylic acids is 1. The number of hydrogen-bond donors (Lipinski definition) is 1. The first-order chi connectivity index (χ1) is 15.9. The molecule has 1 N–H and O–H groups in total. The van der Waals surface area contributed by atoms with E-state index in [9.17, 15) is 10.1 Å². The summed E-state index contributed by atoms with van der Waals surface area (Å²) in [5.74, 6) is 0.724. The molecule has 3 rings (SSSR count). The quantitative estimate of drug-likeness (QED) is 0.467. The molecule has 0 bridgehead atoms. The molecule has 2 aromatic heterocycles. The number of amides is 1. The highest BCUT2D eigenvalue weighted by molar-refractivity contribution is 6.29. The molecule has 0 saturated carbocycles. The summed E-state index contributed by atoms with van der Waals surface area (Å²) in [6.07, 6.45) is 3.51. The van der Waals surface area contributed by atoms with Gasteiger partial charge in [0.25, 0.3) is 0 Å². The van der Waals surface area contributed by atoms with Crippen molar-refractivity contribution in [3.05, 3.63) is 47.4 Å². The molecule has 1 amide bonds. The normalized spacial score (nSPS) is 13.4. The van der Waals surface area contributed by atoms with Crippen molar-refractivity contribution in [2.24, 2.45) is 5.92 Å². The van der Waals surface area contributed by atoms with Crippen LogP contribution in [-0.4, -0.2) is 38.4 Å². The molecule has 0 aliphatic heterocycles. The van der Waals surface area contributed by atoms with E-state index in [1.807, 2.05) is 33.8 Å². The van der Waals surface area contributed by atoms with Crippen molar-refractivity contribution in [1.29, 1.82) is 5.26 Å². The van der Waals surface area contributed by atoms with Gasteiger partial charge in [-0.25, -0.2) is 14.3 Å². The molecular formula is C25H30ClN5O3. The van der Waals surface area contributed by atoms with Crippen molar-refractivity contribution >= 4 is 23.3 Å². The number of nitriles is 1. The topological polar surface area (TPSA) is 102 Å². The molecule has 0 radical (unpaired) electrons. The maximum atomic E-state index is 12.4. The first-order valence-corrected chi connectivity index (χ1v) is 11.5. The molecule has 3 aromatic rings. The van der Waals surface area contributed by atoms with Gasteiger partial charge >= 0.3 is 6.09 Å². The highest BCUT2D eigenvalue weighted by Crippen LogP contribution is 2.31. The highest BCUT2D eigenvalue weighted by atomic mass is 35.5. The minimum Gasteiger partial charge on any atom is -0.490 e. The molecule has 2 heterocycles. The lowest BCUT2D eigenvalue weighted by atomic mass is 9.91. The van der Waals surface area contributed by atoms with Crippen LogP contribution in [0.5, 0.6) is 5.75 Å². The number of rotatable bonds is 7. The average molecular weight is 484 g/mol. The number of halogens is 1. The van der Waals surface area contributed by atoms with Gasteiger partial charge in [-0.3, -0.25) is 0 Å². The lowest BCUT2D eigenvalue weighted by molar-refractivity contribution is 0.0408. The minimum absolute atomic E-state index is 0.171. The van der Waals surface area contributed by atoms with Gasteiger partial charge < -0.3 is 14.8 Å². The Morgan fingerprint density at radius 3 is 2.65 bits per heavy atom. The third-order valence-electron chi connectivity index (χ3n) is 4.95. The number of ether oxygens (including phenoxy) is 2. The number of aromatic nitrogens is 3. The molecule has 0 unspecified atom stereocenters. The van der Waals surface area contributed by atoms with Crippen LogP contribution in [0.3, 0.4) is 0 Å². The predicted octanol–water partition coefficient (Wildman–Crippen LogP) is 5.63. The van der Waals surface area contributed by atoms with Crippen LogP contribution in [0.15, 0.2) is 36.7 Å². The molecule has 180 valence electrons. The molecule has 34 heavy (non-hydrogen) atoms. The van der Waals surface area contributed by atoms with Crippen LogP contribution in [0.25, 0.3) is 16.8 Å². The van der Waals surface area contributed by atoms with Crippen molar-refractivity contribution < 1.29 is 14.3 Å². The molecule has 0 fully saturated rings. The van der Waals surface area contributed by atoms with Crippen molar-refractivity contribution in [3.8, 4) is 22.9 Å². The zero-order valence-electron chi connectivity index (χ0n) is 20.3. The van der Waals surface area contributed by atoms with Gasteiger partial charge in [0.1, 0.15) is 24.0 Å². The van der Waals surface area contributed by atoms with Gasteiger partial charge in [0.2, 0.25) is 0 Å². The first kappa shape index (κ1) is 25.3. The van der Waals surface area contributed by atoms with Crippen molar-refractivity contribution in [2.75, 3.05) is 6.61 Å². The second kappa shape index (κ2) is 9.90. The largest absolute Gasteiger partial charge is 0.490 e. The third kappa shape index (κ3) is 6.39. The van der Waals surface area contributed by atoms with Gasteiger partial charge in [-0.05, 0) is 63.8 Å². The van der Waals surface area contributed by atoms with Gasteiger partial charge in [0, 0.05) is 18.0 Å². The van der Waals surface area contributed by atoms with Gasteiger partial charge in [0.15, 0.2) is 10.8 Å². The monoisotopic (exact) mass is 483 g/mol. The average Bonchev–Trinajstić information content (AvgIpc) is 3.17. The maximum Gasteiger partial charge on any atom is 0.408 e. The standard InChI is InChI=1S/C25H30ClN5O3/c1-16(2)13-25(6,29-23(32)34-24(3,4)5)15-33-20-8-7-17(11-18(20)14-27)19-12-21(26)30-31-10-9-28-22(19)31/h7-12,16H,13,15H2,1-6H3,(H,29,32)/t25-/m0/s1. The van der Waals surface area contributed by atoms with E-state index < -0.39 is 17.2 Å². The number of benzene rings is 1. The van der Waals surface area contributed by atoms with E-state index in [4.69, 9.17) is 21.1 Å². The van der Waals surface area contributed by atoms with Crippen molar-refractivity contribution in [1.82, 2.24) is 19.9 Å². The van der Waals surface area contributed by atoms with E-state index in [0.29, 0.717) is 34.5 Å². The smallest absolute Gasteiger partial charge is 0.408 e. The Balaban J connectivity index is 1.84. The Labute approximate surface area is 204 Å². The number of imidazole rings is 1. The van der Waals surface area contributed by atoms with Crippen LogP contribution in [0.4, 0.5) is 4.79 Å². The summed E-state index contributed by atoms with van der Waals surface area (Å²) in [5.41, 5.74) is 1.21. The van der Waals surface area contributed by atoms with E-state index >= 15 is 0 Å². The van der Waals surface area contributed by atoms with Crippen LogP contribution >= 0.6 is 11.6 Å². The Morgan fingerprint density at radius 1 is 1.26 bits per heavy atom. The fourth-order valence-corrected chi connectivity index (χ4v) is 4.03. The van der Waals surface area contributed by atoms with E-state index in [0.717, 1.165) is 11.1 Å². The molecule has 0 aliphatic carbocycles. The number of alkyl carbamates (subject to hydrolysis) is 1. The first-order valence-electron chi connectivity index (χ1n) is 11.1. The molecule has 0 saturated heterocycles. The summed E-state index contributed by atoms with van der Waals surface area (Å²) < 4.78 is 13.1. The number of hydrogen-bond acceptors (Lipinski definition) is 6. The molecule has 8 nitrogen and oxygen atoms in total. The highest BCUT2D eigenvalue weighted by Gasteiger charge is 2.31. The molecular weight excluding hydrogens is 454 g/mol. The predicted molar refractivity (Wildman–Crippen MR) is 131 cm³/mol. The van der Waals surface area contributed by atoms with Crippen LogP contribution in [0, 0.1) is 17.2 Å². The fourth-order valence-electron chi connectivity index (χ4n) is 3.84. The molecule has 0 aliphatic rings. The third-order valence-corrected chi connectivity index (χ3v) is 5.13. The summed E-state index contributed by atoms with van der Waals surface area (Å²) in [6, 6.07) is 9.23. The number of nitrogens with one attached hydrogen (secondary N) is 1. The van der Waals surface area contributed by atoms with E-state index in [1.165, 1.54) is 0 Å². The molecule has 0 spiro atoms. The minimum atomic E-state index is -0.692. The van der Waals surface area contributed by atoms with Crippen LogP contribution in [-0.2, 0) is 4.74 Å². The zero-order valence-corrected chi connectivity index (χ0v) is 21.1. The number of carbonyl (C=O) groups is 1. The Kier molecular flexibility index (Phi) is 7.37. The fraction of sp³-hybridized carbons (Fsp3) is 0.440. The lowest BCUT2D eigenvalue weighted by Gasteiger charge is -2.33. The van der Waals surface area contributed by atoms with Crippen molar-refractivity contribution in [2.45, 2.75) is 59.1 Å². The van der Waals surface area contributed by atoms with Crippen LogP contribution in [0.1, 0.15) is 53.5 Å². The number of nitrogens with zero attached hydrogens (tertiary/aromatic N) is 4. The summed E-state index contributed by atoms with van der Waals surface area (Å²) in [5, 5.41) is 17.2. The van der Waals surface area contributed by atoms with Gasteiger partial charge in [-0.2, -0.15) is 10.4 Å². The van der Waals surface area contributed by atoms with Gasteiger partial charge in [-0.1, -0.05) is 31.5 Å². The van der Waals surface area contributed by atoms with E-state index in [2.05, 4.69) is 35.3 Å². The Hall–Kier alpha value is -3.31. The second-order valence-corrected chi connectivity index (χ2v) is 10.4. The van der Waals surface area contributed by atoms with Gasteiger partial charge in [0.05, 0.1) is 11.1 Å². The zero-order chi connectivity index (χ0) is 25.1. The lowest BCUT2D eigenvalue weighted by Crippen LogP contribution is -2.52. The summed E-state index contributed by atoms with van der Waals surface area (Å²) in [6.45, 7) is 11.7. The second-order valence-electron chi connectivity index (χ2n) is 9.97. The van der Waals surface area contributed by atoms with E-state index in [-0.39, 0.29) is 6.61 Å². The van der Waals surface area contributed by atoms with Gasteiger partial charge in [-0.15, -0.1) is 0 Å². The van der Waals surface area contributed by atoms with E-state index in [1.54, 1.807) is 35.1 Å². The van der Waals surface area contributed by atoms with Crippen LogP contribution < -0.4 is 10.1 Å². The summed E-state index contributed by atoms with van der Waals surface area (Å²) in [7, 11) is 0. The maximum absolute atomic E-state index is 12.4. The molecule has 1 atom stereocenters. The SMILES string of the molecule is CC(C)C[C@@](C)(COc1ccc(-c2cc(Cl)nn3ccnc23)cc1C#N)NC(=O)OC(C)(C)C. The number of fused-ring (bicyclic) bond motifs is 1. The molecule has 1 aromatic carbocycles. The Morgan fingerprint density at radius 2 is 2.00 bits per heavy atom. The summed E-state index contributed by atoms with van der Waals surface area (Å²) >= 11 is 6.16. The van der Waals surface area contributed by atoms with Crippen molar-refractivity contribution in [3.63, 3.8) is 0 Å². The molecule has 9 heteroatoms. The Bertz CT molecular complexity index is 1230. The summed E-state index contributed by atoms with van der Waals surface area (Å²) in [4.78, 5) is 16.8. The van der Waals surface area contributed by atoms with Crippen LogP contribution in [0.2, 0.25) is 5.15 Å².